The highest BCUT2D eigenvalue weighted by atomic mass is 32.2. The van der Waals surface area contributed by atoms with Crippen LogP contribution in [0.1, 0.15) is 18.2 Å². The van der Waals surface area contributed by atoms with Crippen molar-refractivity contribution in [2.24, 2.45) is 0 Å². The third-order valence-corrected chi connectivity index (χ3v) is 5.04. The monoisotopic (exact) mass is 438 g/mol. The summed E-state index contributed by atoms with van der Waals surface area (Å²) in [5.74, 6) is 0.829. The molecule has 0 saturated carbocycles. The summed E-state index contributed by atoms with van der Waals surface area (Å²) >= 11 is 1.37. The minimum absolute atomic E-state index is 0.0546. The Balaban J connectivity index is 1.64. The Labute approximate surface area is 183 Å². The van der Waals surface area contributed by atoms with Gasteiger partial charge in [0.25, 0.3) is 5.56 Å². The molecule has 160 valence electrons. The molecule has 0 unspecified atom stereocenters. The summed E-state index contributed by atoms with van der Waals surface area (Å²) in [6, 6.07) is 15.7. The summed E-state index contributed by atoms with van der Waals surface area (Å²) < 4.78 is 5.22. The highest BCUT2D eigenvalue weighted by Crippen LogP contribution is 2.21. The van der Waals surface area contributed by atoms with Gasteiger partial charge >= 0.3 is 0 Å². The Morgan fingerprint density at radius 3 is 2.55 bits per heavy atom. The maximum atomic E-state index is 12.4. The molecule has 0 saturated heterocycles. The van der Waals surface area contributed by atoms with Crippen LogP contribution in [0.15, 0.2) is 64.5 Å². The van der Waals surface area contributed by atoms with Crippen molar-refractivity contribution in [3.63, 3.8) is 0 Å². The number of nitrogens with one attached hydrogen (secondary N) is 3. The number of hydrogen-bond donors (Lipinski definition) is 3. The van der Waals surface area contributed by atoms with Crippen molar-refractivity contribution in [2.75, 3.05) is 17.7 Å². The molecule has 3 N–H and O–H groups in total. The third kappa shape index (κ3) is 7.00. The van der Waals surface area contributed by atoms with E-state index in [-0.39, 0.29) is 23.8 Å². The minimum Gasteiger partial charge on any atom is -0.497 e. The first-order valence-corrected chi connectivity index (χ1v) is 10.4. The van der Waals surface area contributed by atoms with Gasteiger partial charge in [-0.3, -0.25) is 14.4 Å². The largest absolute Gasteiger partial charge is 0.497 e. The number of ether oxygens (including phenoxy) is 1. The van der Waals surface area contributed by atoms with E-state index >= 15 is 0 Å². The van der Waals surface area contributed by atoms with Crippen LogP contribution >= 0.6 is 11.8 Å². The average molecular weight is 439 g/mol. The molecular weight excluding hydrogens is 416 g/mol. The SMILES string of the molecule is COc1cccc(CSc2nc(CC(=O)Nc3cccc(NC(C)=O)c3)cc(=O)[nH]2)c1. The van der Waals surface area contributed by atoms with Crippen molar-refractivity contribution in [3.05, 3.63) is 76.2 Å². The zero-order valence-corrected chi connectivity index (χ0v) is 17.9. The van der Waals surface area contributed by atoms with Gasteiger partial charge in [0.2, 0.25) is 11.8 Å². The van der Waals surface area contributed by atoms with Crippen LogP contribution in [0.5, 0.6) is 5.75 Å². The first-order valence-electron chi connectivity index (χ1n) is 9.45. The maximum absolute atomic E-state index is 12.4. The molecule has 1 aromatic heterocycles. The summed E-state index contributed by atoms with van der Waals surface area (Å²) in [6.07, 6.45) is -0.0546. The van der Waals surface area contributed by atoms with E-state index in [4.69, 9.17) is 4.74 Å². The Kier molecular flexibility index (Phi) is 7.45. The summed E-state index contributed by atoms with van der Waals surface area (Å²) in [5, 5.41) is 5.85. The van der Waals surface area contributed by atoms with E-state index in [2.05, 4.69) is 20.6 Å². The number of anilines is 2. The van der Waals surface area contributed by atoms with Gasteiger partial charge < -0.3 is 20.4 Å². The summed E-state index contributed by atoms with van der Waals surface area (Å²) in [7, 11) is 1.61. The number of aromatic amines is 1. The molecule has 0 atom stereocenters. The normalized spacial score (nSPS) is 10.4. The molecule has 2 amide bonds. The van der Waals surface area contributed by atoms with Crippen LogP contribution in [-0.4, -0.2) is 28.9 Å². The van der Waals surface area contributed by atoms with Crippen molar-refractivity contribution in [2.45, 2.75) is 24.3 Å². The number of carbonyl (C=O) groups excluding carboxylic acids is 2. The molecule has 31 heavy (non-hydrogen) atoms. The number of benzene rings is 2. The molecule has 8 nitrogen and oxygen atoms in total. The van der Waals surface area contributed by atoms with E-state index in [0.717, 1.165) is 11.3 Å². The predicted octanol–water partition coefficient (Wildman–Crippen LogP) is 3.21. The highest BCUT2D eigenvalue weighted by molar-refractivity contribution is 7.98. The van der Waals surface area contributed by atoms with E-state index in [1.54, 1.807) is 31.4 Å². The zero-order chi connectivity index (χ0) is 22.2. The molecular formula is C22H22N4O4S. The van der Waals surface area contributed by atoms with Gasteiger partial charge in [-0.25, -0.2) is 4.98 Å². The molecule has 0 aliphatic rings. The summed E-state index contributed by atoms with van der Waals surface area (Å²) in [6.45, 7) is 1.41. The van der Waals surface area contributed by atoms with Gasteiger partial charge in [-0.2, -0.15) is 0 Å². The van der Waals surface area contributed by atoms with Gasteiger partial charge in [0.05, 0.1) is 19.2 Å². The van der Waals surface area contributed by atoms with Crippen LogP contribution in [0.2, 0.25) is 0 Å². The van der Waals surface area contributed by atoms with Crippen LogP contribution in [0.25, 0.3) is 0 Å². The lowest BCUT2D eigenvalue weighted by Gasteiger charge is -2.08. The molecule has 0 fully saturated rings. The standard InChI is InChI=1S/C22H22N4O4S/c1-14(27)23-16-6-4-7-17(10-16)24-20(28)11-18-12-21(29)26-22(25-18)31-13-15-5-3-8-19(9-15)30-2/h3-10,12H,11,13H2,1-2H3,(H,23,27)(H,24,28)(H,25,26,29). The summed E-state index contributed by atoms with van der Waals surface area (Å²) in [5.41, 5.74) is 2.18. The molecule has 2 aromatic carbocycles. The fourth-order valence-corrected chi connectivity index (χ4v) is 3.64. The van der Waals surface area contributed by atoms with Crippen LogP contribution in [0.4, 0.5) is 11.4 Å². The molecule has 0 aliphatic carbocycles. The quantitative estimate of drug-likeness (QED) is 0.368. The van der Waals surface area contributed by atoms with Gasteiger partial charge in [-0.05, 0) is 35.9 Å². The van der Waals surface area contributed by atoms with Crippen LogP contribution in [0.3, 0.4) is 0 Å². The molecule has 0 spiro atoms. The minimum atomic E-state index is -0.321. The van der Waals surface area contributed by atoms with Crippen LogP contribution < -0.4 is 20.9 Å². The number of methoxy groups -OCH3 is 1. The van der Waals surface area contributed by atoms with E-state index in [0.29, 0.717) is 28.0 Å². The van der Waals surface area contributed by atoms with Gasteiger partial charge in [0.15, 0.2) is 5.16 Å². The molecule has 3 rings (SSSR count). The van der Waals surface area contributed by atoms with Crippen molar-refractivity contribution in [1.29, 1.82) is 0 Å². The number of amides is 2. The lowest BCUT2D eigenvalue weighted by molar-refractivity contribution is -0.116. The molecule has 1 heterocycles. The number of nitrogens with zero attached hydrogens (tertiary/aromatic N) is 1. The van der Waals surface area contributed by atoms with Crippen LogP contribution in [0, 0.1) is 0 Å². The lowest BCUT2D eigenvalue weighted by Crippen LogP contribution is -2.18. The Hall–Kier alpha value is -3.59. The molecule has 3 aromatic rings. The van der Waals surface area contributed by atoms with Crippen molar-refractivity contribution in [3.8, 4) is 5.75 Å². The van der Waals surface area contributed by atoms with Crippen molar-refractivity contribution < 1.29 is 14.3 Å². The van der Waals surface area contributed by atoms with Gasteiger partial charge in [0.1, 0.15) is 5.75 Å². The number of thioether (sulfide) groups is 1. The zero-order valence-electron chi connectivity index (χ0n) is 17.1. The van der Waals surface area contributed by atoms with Gasteiger partial charge in [0, 0.05) is 30.1 Å². The van der Waals surface area contributed by atoms with E-state index in [1.165, 1.54) is 24.8 Å². The Morgan fingerprint density at radius 1 is 1.06 bits per heavy atom. The number of rotatable bonds is 8. The van der Waals surface area contributed by atoms with E-state index < -0.39 is 0 Å². The van der Waals surface area contributed by atoms with Gasteiger partial charge in [-0.1, -0.05) is 30.0 Å². The second-order valence-electron chi connectivity index (χ2n) is 6.67. The summed E-state index contributed by atoms with van der Waals surface area (Å²) in [4.78, 5) is 42.7. The van der Waals surface area contributed by atoms with Crippen LogP contribution in [-0.2, 0) is 21.8 Å². The predicted molar refractivity (Wildman–Crippen MR) is 120 cm³/mol. The third-order valence-electron chi connectivity index (χ3n) is 4.09. The Bertz CT molecular complexity index is 1150. The molecule has 0 radical (unpaired) electrons. The highest BCUT2D eigenvalue weighted by Gasteiger charge is 2.09. The van der Waals surface area contributed by atoms with Crippen molar-refractivity contribution >= 4 is 35.0 Å². The fraction of sp³-hybridized carbons (Fsp3) is 0.182. The lowest BCUT2D eigenvalue weighted by atomic mass is 10.2. The van der Waals surface area contributed by atoms with E-state index in [9.17, 15) is 14.4 Å². The number of hydrogen-bond acceptors (Lipinski definition) is 6. The molecule has 9 heteroatoms. The van der Waals surface area contributed by atoms with Gasteiger partial charge in [-0.15, -0.1) is 0 Å². The molecule has 0 bridgehead atoms. The second kappa shape index (κ2) is 10.4. The topological polar surface area (TPSA) is 113 Å². The fourth-order valence-electron chi connectivity index (χ4n) is 2.80. The van der Waals surface area contributed by atoms with Crippen molar-refractivity contribution in [1.82, 2.24) is 9.97 Å². The average Bonchev–Trinajstić information content (AvgIpc) is 2.71. The molecule has 0 aliphatic heterocycles. The first-order chi connectivity index (χ1) is 14.9. The second-order valence-corrected chi connectivity index (χ2v) is 7.63. The Morgan fingerprint density at radius 2 is 1.81 bits per heavy atom. The maximum Gasteiger partial charge on any atom is 0.251 e. The number of H-pyrrole nitrogens is 1. The number of aromatic nitrogens is 2. The number of carbonyl (C=O) groups is 2. The first kappa shape index (κ1) is 22.1. The van der Waals surface area contributed by atoms with E-state index in [1.807, 2.05) is 24.3 Å². The smallest absolute Gasteiger partial charge is 0.251 e.